The zero-order valence-corrected chi connectivity index (χ0v) is 12.5. The molecule has 1 aromatic rings. The Labute approximate surface area is 118 Å². The standard InChI is InChI=1S/C10H13Cl2NO2S2/c1-5(7(4-14)16-2)13-10(15)6-3-8(11)17-9(6)12/h3,5,7,14H,4H2,1-2H3,(H,13,15). The van der Waals surface area contributed by atoms with Gasteiger partial charge in [0, 0.05) is 11.3 Å². The summed E-state index contributed by atoms with van der Waals surface area (Å²) in [6, 6.07) is 1.40. The number of amides is 1. The van der Waals surface area contributed by atoms with Gasteiger partial charge in [0.05, 0.1) is 16.5 Å². The number of rotatable bonds is 5. The van der Waals surface area contributed by atoms with E-state index in [-0.39, 0.29) is 23.8 Å². The SMILES string of the molecule is CSC(CO)C(C)NC(=O)c1cc(Cl)sc1Cl. The van der Waals surface area contributed by atoms with Crippen LogP contribution < -0.4 is 5.32 Å². The molecule has 0 aliphatic rings. The molecule has 96 valence electrons. The Morgan fingerprint density at radius 3 is 2.71 bits per heavy atom. The number of aliphatic hydroxyl groups excluding tert-OH is 1. The summed E-state index contributed by atoms with van der Waals surface area (Å²) < 4.78 is 0.862. The zero-order valence-electron chi connectivity index (χ0n) is 9.37. The highest BCUT2D eigenvalue weighted by Crippen LogP contribution is 2.31. The Hall–Kier alpha value is 0.0600. The normalized spacial score (nSPS) is 14.4. The summed E-state index contributed by atoms with van der Waals surface area (Å²) in [7, 11) is 0. The maximum Gasteiger partial charge on any atom is 0.253 e. The molecule has 7 heteroatoms. The van der Waals surface area contributed by atoms with Gasteiger partial charge in [-0.15, -0.1) is 11.3 Å². The minimum atomic E-state index is -0.266. The van der Waals surface area contributed by atoms with Crippen LogP contribution in [-0.2, 0) is 0 Å². The van der Waals surface area contributed by atoms with Crippen molar-refractivity contribution < 1.29 is 9.90 Å². The first kappa shape index (κ1) is 15.1. The van der Waals surface area contributed by atoms with Crippen molar-refractivity contribution in [1.82, 2.24) is 5.32 Å². The van der Waals surface area contributed by atoms with Gasteiger partial charge in [0.25, 0.3) is 5.91 Å². The number of hydrogen-bond donors (Lipinski definition) is 2. The van der Waals surface area contributed by atoms with Gasteiger partial charge in [0.15, 0.2) is 0 Å². The van der Waals surface area contributed by atoms with Gasteiger partial charge in [-0.25, -0.2) is 0 Å². The molecule has 2 N–H and O–H groups in total. The van der Waals surface area contributed by atoms with Crippen LogP contribution >= 0.6 is 46.3 Å². The van der Waals surface area contributed by atoms with Gasteiger partial charge in [-0.05, 0) is 19.2 Å². The third-order valence-electron chi connectivity index (χ3n) is 2.30. The van der Waals surface area contributed by atoms with Crippen molar-refractivity contribution in [2.24, 2.45) is 0 Å². The summed E-state index contributed by atoms with van der Waals surface area (Å²) in [5.74, 6) is -0.266. The molecule has 0 saturated carbocycles. The molecule has 0 aliphatic carbocycles. The van der Waals surface area contributed by atoms with Crippen molar-refractivity contribution >= 4 is 52.2 Å². The molecule has 0 aromatic carbocycles. The second kappa shape index (κ2) is 6.85. The summed E-state index contributed by atoms with van der Waals surface area (Å²) >= 11 is 14.3. The molecule has 0 aliphatic heterocycles. The first-order valence-electron chi connectivity index (χ1n) is 4.89. The third-order valence-corrected chi connectivity index (χ3v) is 4.95. The Morgan fingerprint density at radius 2 is 2.29 bits per heavy atom. The smallest absolute Gasteiger partial charge is 0.253 e. The van der Waals surface area contributed by atoms with Crippen LogP contribution in [0.15, 0.2) is 6.07 Å². The number of halogens is 2. The lowest BCUT2D eigenvalue weighted by Crippen LogP contribution is -2.41. The van der Waals surface area contributed by atoms with Gasteiger partial charge in [0.2, 0.25) is 0 Å². The van der Waals surface area contributed by atoms with Gasteiger partial charge < -0.3 is 10.4 Å². The van der Waals surface area contributed by atoms with Crippen LogP contribution in [-0.4, -0.2) is 35.2 Å². The van der Waals surface area contributed by atoms with E-state index in [1.165, 1.54) is 11.8 Å². The molecule has 1 aromatic heterocycles. The van der Waals surface area contributed by atoms with Crippen LogP contribution in [0.1, 0.15) is 17.3 Å². The largest absolute Gasteiger partial charge is 0.395 e. The van der Waals surface area contributed by atoms with Crippen molar-refractivity contribution in [3.63, 3.8) is 0 Å². The fraction of sp³-hybridized carbons (Fsp3) is 0.500. The molecule has 0 spiro atoms. The van der Waals surface area contributed by atoms with Gasteiger partial charge in [-0.3, -0.25) is 4.79 Å². The average molecular weight is 314 g/mol. The van der Waals surface area contributed by atoms with Crippen molar-refractivity contribution in [3.05, 3.63) is 20.3 Å². The first-order chi connectivity index (χ1) is 7.99. The Kier molecular flexibility index (Phi) is 6.09. The predicted molar refractivity (Wildman–Crippen MR) is 75.7 cm³/mol. The molecule has 3 nitrogen and oxygen atoms in total. The van der Waals surface area contributed by atoms with Crippen LogP contribution in [0.3, 0.4) is 0 Å². The highest BCUT2D eigenvalue weighted by molar-refractivity contribution is 7.99. The van der Waals surface area contributed by atoms with Crippen LogP contribution in [0.5, 0.6) is 0 Å². The number of carbonyl (C=O) groups excluding carboxylic acids is 1. The van der Waals surface area contributed by atoms with E-state index in [0.717, 1.165) is 11.3 Å². The van der Waals surface area contributed by atoms with Crippen molar-refractivity contribution in [2.75, 3.05) is 12.9 Å². The van der Waals surface area contributed by atoms with Crippen molar-refractivity contribution in [2.45, 2.75) is 18.2 Å². The van der Waals surface area contributed by atoms with E-state index in [0.29, 0.717) is 14.2 Å². The molecule has 0 fully saturated rings. The molecule has 0 radical (unpaired) electrons. The highest BCUT2D eigenvalue weighted by Gasteiger charge is 2.20. The number of nitrogens with one attached hydrogen (secondary N) is 1. The van der Waals surface area contributed by atoms with Gasteiger partial charge in [-0.2, -0.15) is 11.8 Å². The molecule has 0 saturated heterocycles. The average Bonchev–Trinajstić information content (AvgIpc) is 2.59. The van der Waals surface area contributed by atoms with E-state index in [1.807, 2.05) is 13.2 Å². The van der Waals surface area contributed by atoms with Crippen molar-refractivity contribution in [3.8, 4) is 0 Å². The van der Waals surface area contributed by atoms with E-state index in [1.54, 1.807) is 6.07 Å². The number of carbonyl (C=O) groups is 1. The van der Waals surface area contributed by atoms with Crippen LogP contribution in [0.25, 0.3) is 0 Å². The van der Waals surface area contributed by atoms with E-state index in [9.17, 15) is 4.79 Å². The van der Waals surface area contributed by atoms with Gasteiger partial charge in [-0.1, -0.05) is 23.2 Å². The minimum absolute atomic E-state index is 0.0146. The monoisotopic (exact) mass is 313 g/mol. The van der Waals surface area contributed by atoms with Crippen LogP contribution in [0.2, 0.25) is 8.67 Å². The van der Waals surface area contributed by atoms with E-state index < -0.39 is 0 Å². The first-order valence-corrected chi connectivity index (χ1v) is 7.75. The molecule has 2 unspecified atom stereocenters. The second-order valence-electron chi connectivity index (χ2n) is 3.46. The van der Waals surface area contributed by atoms with Gasteiger partial charge in [0.1, 0.15) is 4.34 Å². The molecular formula is C10H13Cl2NO2S2. The molecular weight excluding hydrogens is 301 g/mol. The summed E-state index contributed by atoms with van der Waals surface area (Å²) in [6.45, 7) is 1.86. The van der Waals surface area contributed by atoms with Crippen LogP contribution in [0, 0.1) is 0 Å². The van der Waals surface area contributed by atoms with E-state index in [4.69, 9.17) is 28.3 Å². The Morgan fingerprint density at radius 1 is 1.65 bits per heavy atom. The number of aliphatic hydroxyl groups is 1. The second-order valence-corrected chi connectivity index (χ2v) is 6.82. The third kappa shape index (κ3) is 4.03. The number of thiophene rings is 1. The maximum atomic E-state index is 11.9. The van der Waals surface area contributed by atoms with Crippen LogP contribution in [0.4, 0.5) is 0 Å². The Bertz CT molecular complexity index is 394. The summed E-state index contributed by atoms with van der Waals surface area (Å²) in [6.07, 6.45) is 1.89. The number of thioether (sulfide) groups is 1. The molecule has 0 bridgehead atoms. The lowest BCUT2D eigenvalue weighted by atomic mass is 10.2. The number of hydrogen-bond acceptors (Lipinski definition) is 4. The fourth-order valence-electron chi connectivity index (χ4n) is 1.31. The Balaban J connectivity index is 2.69. The molecule has 1 heterocycles. The van der Waals surface area contributed by atoms with E-state index in [2.05, 4.69) is 5.32 Å². The molecule has 17 heavy (non-hydrogen) atoms. The lowest BCUT2D eigenvalue weighted by molar-refractivity contribution is 0.0936. The summed E-state index contributed by atoms with van der Waals surface area (Å²) in [4.78, 5) is 11.9. The predicted octanol–water partition coefficient (Wildman–Crippen LogP) is 2.90. The molecule has 2 atom stereocenters. The molecule has 1 rings (SSSR count). The quantitative estimate of drug-likeness (QED) is 0.878. The zero-order chi connectivity index (χ0) is 13.0. The lowest BCUT2D eigenvalue weighted by Gasteiger charge is -2.21. The maximum absolute atomic E-state index is 11.9. The highest BCUT2D eigenvalue weighted by atomic mass is 35.5. The minimum Gasteiger partial charge on any atom is -0.395 e. The molecule has 1 amide bonds. The fourth-order valence-corrected chi connectivity index (χ4v) is 3.39. The topological polar surface area (TPSA) is 49.3 Å². The summed E-state index contributed by atoms with van der Waals surface area (Å²) in [5, 5.41) is 11.9. The summed E-state index contributed by atoms with van der Waals surface area (Å²) in [5.41, 5.74) is 0.381. The van der Waals surface area contributed by atoms with Crippen molar-refractivity contribution in [1.29, 1.82) is 0 Å². The van der Waals surface area contributed by atoms with E-state index >= 15 is 0 Å². The van der Waals surface area contributed by atoms with Gasteiger partial charge >= 0.3 is 0 Å².